The highest BCUT2D eigenvalue weighted by molar-refractivity contribution is 6.31. The summed E-state index contributed by atoms with van der Waals surface area (Å²) >= 11 is 5.87. The third kappa shape index (κ3) is 1.69. The minimum atomic E-state index is 0.634. The standard InChI is InChI=1S/C9H12ClNO/c1-4-12-9-7(3)6(2)8(10)5-11-9/h5H,4H2,1-3H3. The maximum Gasteiger partial charge on any atom is 0.216 e. The third-order valence-corrected chi connectivity index (χ3v) is 2.20. The topological polar surface area (TPSA) is 22.1 Å². The molecule has 2 nitrogen and oxygen atoms in total. The lowest BCUT2D eigenvalue weighted by Crippen LogP contribution is -1.98. The fourth-order valence-corrected chi connectivity index (χ4v) is 1.12. The second-order valence-corrected chi connectivity index (χ2v) is 3.00. The molecule has 0 fully saturated rings. The molecule has 1 rings (SSSR count). The van der Waals surface area contributed by atoms with E-state index >= 15 is 0 Å². The Labute approximate surface area is 77.5 Å². The summed E-state index contributed by atoms with van der Waals surface area (Å²) in [5.41, 5.74) is 2.06. The van der Waals surface area contributed by atoms with Gasteiger partial charge in [-0.3, -0.25) is 0 Å². The summed E-state index contributed by atoms with van der Waals surface area (Å²) in [6, 6.07) is 0. The number of ether oxygens (including phenoxy) is 1. The number of nitrogens with zero attached hydrogens (tertiary/aromatic N) is 1. The molecule has 0 aromatic carbocycles. The lowest BCUT2D eigenvalue weighted by molar-refractivity contribution is 0.324. The molecule has 1 aromatic heterocycles. The van der Waals surface area contributed by atoms with Gasteiger partial charge >= 0.3 is 0 Å². The van der Waals surface area contributed by atoms with E-state index < -0.39 is 0 Å². The average Bonchev–Trinajstić information content (AvgIpc) is 2.07. The Bertz CT molecular complexity index is 286. The first kappa shape index (κ1) is 9.33. The monoisotopic (exact) mass is 185 g/mol. The molecule has 0 N–H and O–H groups in total. The second-order valence-electron chi connectivity index (χ2n) is 2.59. The average molecular weight is 186 g/mol. The molecule has 0 saturated heterocycles. The van der Waals surface area contributed by atoms with Crippen LogP contribution in [0.3, 0.4) is 0 Å². The highest BCUT2D eigenvalue weighted by Crippen LogP contribution is 2.24. The summed E-state index contributed by atoms with van der Waals surface area (Å²) < 4.78 is 5.30. The number of rotatable bonds is 2. The van der Waals surface area contributed by atoms with Crippen LogP contribution in [-0.2, 0) is 0 Å². The summed E-state index contributed by atoms with van der Waals surface area (Å²) in [6.07, 6.45) is 1.62. The highest BCUT2D eigenvalue weighted by Gasteiger charge is 2.05. The molecule has 0 atom stereocenters. The number of hydrogen-bond donors (Lipinski definition) is 0. The summed E-state index contributed by atoms with van der Waals surface area (Å²) in [7, 11) is 0. The van der Waals surface area contributed by atoms with Crippen molar-refractivity contribution in [1.82, 2.24) is 4.98 Å². The van der Waals surface area contributed by atoms with E-state index in [0.717, 1.165) is 11.1 Å². The van der Waals surface area contributed by atoms with Gasteiger partial charge in [-0.05, 0) is 26.3 Å². The zero-order valence-electron chi connectivity index (χ0n) is 7.52. The van der Waals surface area contributed by atoms with Crippen molar-refractivity contribution in [3.63, 3.8) is 0 Å². The summed E-state index contributed by atoms with van der Waals surface area (Å²) in [5.74, 6) is 0.680. The van der Waals surface area contributed by atoms with Gasteiger partial charge in [-0.1, -0.05) is 11.6 Å². The molecule has 0 aliphatic carbocycles. The van der Waals surface area contributed by atoms with Crippen molar-refractivity contribution >= 4 is 11.6 Å². The van der Waals surface area contributed by atoms with Crippen LogP contribution in [0.5, 0.6) is 5.88 Å². The van der Waals surface area contributed by atoms with Crippen LogP contribution >= 0.6 is 11.6 Å². The van der Waals surface area contributed by atoms with Gasteiger partial charge in [-0.25, -0.2) is 4.98 Å². The van der Waals surface area contributed by atoms with E-state index in [0.29, 0.717) is 17.5 Å². The van der Waals surface area contributed by atoms with Gasteiger partial charge in [0.05, 0.1) is 11.6 Å². The molecule has 0 saturated carbocycles. The zero-order chi connectivity index (χ0) is 9.14. The van der Waals surface area contributed by atoms with Gasteiger partial charge in [-0.2, -0.15) is 0 Å². The van der Waals surface area contributed by atoms with Gasteiger partial charge in [0.15, 0.2) is 0 Å². The normalized spacial score (nSPS) is 10.0. The Morgan fingerprint density at radius 1 is 1.42 bits per heavy atom. The van der Waals surface area contributed by atoms with Crippen molar-refractivity contribution in [3.05, 3.63) is 22.3 Å². The van der Waals surface area contributed by atoms with Gasteiger partial charge in [0.2, 0.25) is 5.88 Å². The Morgan fingerprint density at radius 3 is 2.67 bits per heavy atom. The van der Waals surface area contributed by atoms with E-state index in [1.807, 2.05) is 20.8 Å². The summed E-state index contributed by atoms with van der Waals surface area (Å²) in [6.45, 7) is 6.49. The van der Waals surface area contributed by atoms with E-state index in [1.54, 1.807) is 6.20 Å². The van der Waals surface area contributed by atoms with Crippen molar-refractivity contribution in [3.8, 4) is 5.88 Å². The van der Waals surface area contributed by atoms with Crippen molar-refractivity contribution < 1.29 is 4.74 Å². The van der Waals surface area contributed by atoms with Crippen LogP contribution in [-0.4, -0.2) is 11.6 Å². The Hall–Kier alpha value is -0.760. The van der Waals surface area contributed by atoms with Crippen molar-refractivity contribution in [1.29, 1.82) is 0 Å². The number of pyridine rings is 1. The molecule has 0 spiro atoms. The molecular weight excluding hydrogens is 174 g/mol. The largest absolute Gasteiger partial charge is 0.478 e. The van der Waals surface area contributed by atoms with Crippen LogP contribution in [0.15, 0.2) is 6.20 Å². The van der Waals surface area contributed by atoms with Crippen LogP contribution < -0.4 is 4.74 Å². The van der Waals surface area contributed by atoms with E-state index in [4.69, 9.17) is 16.3 Å². The van der Waals surface area contributed by atoms with Gasteiger partial charge in [0.1, 0.15) is 0 Å². The fourth-order valence-electron chi connectivity index (χ4n) is 0.931. The van der Waals surface area contributed by atoms with Crippen LogP contribution in [0.4, 0.5) is 0 Å². The molecule has 1 heterocycles. The second kappa shape index (κ2) is 3.76. The van der Waals surface area contributed by atoms with Crippen molar-refractivity contribution in [2.24, 2.45) is 0 Å². The predicted molar refractivity (Wildman–Crippen MR) is 49.9 cm³/mol. The van der Waals surface area contributed by atoms with E-state index in [1.165, 1.54) is 0 Å². The van der Waals surface area contributed by atoms with Gasteiger partial charge < -0.3 is 4.74 Å². The zero-order valence-corrected chi connectivity index (χ0v) is 8.27. The van der Waals surface area contributed by atoms with Crippen molar-refractivity contribution in [2.45, 2.75) is 20.8 Å². The molecule has 0 amide bonds. The summed E-state index contributed by atoms with van der Waals surface area (Å²) in [4.78, 5) is 4.07. The maximum absolute atomic E-state index is 5.87. The van der Waals surface area contributed by atoms with Crippen molar-refractivity contribution in [2.75, 3.05) is 6.61 Å². The Kier molecular flexibility index (Phi) is 2.93. The smallest absolute Gasteiger partial charge is 0.216 e. The Balaban J connectivity index is 3.08. The fraction of sp³-hybridized carbons (Fsp3) is 0.444. The van der Waals surface area contributed by atoms with Gasteiger partial charge in [0, 0.05) is 11.8 Å². The van der Waals surface area contributed by atoms with Crippen LogP contribution in [0, 0.1) is 13.8 Å². The lowest BCUT2D eigenvalue weighted by atomic mass is 10.2. The summed E-state index contributed by atoms with van der Waals surface area (Å²) in [5, 5.41) is 0.691. The quantitative estimate of drug-likeness (QED) is 0.707. The molecule has 0 bridgehead atoms. The number of hydrogen-bond acceptors (Lipinski definition) is 2. The molecule has 0 radical (unpaired) electrons. The van der Waals surface area contributed by atoms with Gasteiger partial charge in [0.25, 0.3) is 0 Å². The van der Waals surface area contributed by atoms with Gasteiger partial charge in [-0.15, -0.1) is 0 Å². The SMILES string of the molecule is CCOc1ncc(Cl)c(C)c1C. The minimum Gasteiger partial charge on any atom is -0.478 e. The van der Waals surface area contributed by atoms with E-state index in [-0.39, 0.29) is 0 Å². The molecule has 12 heavy (non-hydrogen) atoms. The van der Waals surface area contributed by atoms with Crippen LogP contribution in [0.1, 0.15) is 18.1 Å². The molecule has 1 aromatic rings. The first-order chi connectivity index (χ1) is 5.66. The first-order valence-corrected chi connectivity index (χ1v) is 4.29. The molecule has 0 aliphatic heterocycles. The molecule has 0 unspecified atom stereocenters. The van der Waals surface area contributed by atoms with E-state index in [2.05, 4.69) is 4.98 Å². The number of aromatic nitrogens is 1. The number of halogens is 1. The van der Waals surface area contributed by atoms with Crippen LogP contribution in [0.2, 0.25) is 5.02 Å². The third-order valence-electron chi connectivity index (χ3n) is 1.82. The molecule has 0 aliphatic rings. The first-order valence-electron chi connectivity index (χ1n) is 3.91. The Morgan fingerprint density at radius 2 is 2.08 bits per heavy atom. The molecule has 3 heteroatoms. The maximum atomic E-state index is 5.87. The predicted octanol–water partition coefficient (Wildman–Crippen LogP) is 2.75. The van der Waals surface area contributed by atoms with Crippen LogP contribution in [0.25, 0.3) is 0 Å². The van der Waals surface area contributed by atoms with E-state index in [9.17, 15) is 0 Å². The molecular formula is C9H12ClNO. The highest BCUT2D eigenvalue weighted by atomic mass is 35.5. The minimum absolute atomic E-state index is 0.634. The lowest BCUT2D eigenvalue weighted by Gasteiger charge is -2.08. The molecule has 66 valence electrons.